The molecule has 86 valence electrons. The number of aromatic nitrogens is 2. The first-order valence-electron chi connectivity index (χ1n) is 4.68. The highest BCUT2D eigenvalue weighted by Gasteiger charge is 2.14. The van der Waals surface area contributed by atoms with Crippen LogP contribution in [0.3, 0.4) is 0 Å². The van der Waals surface area contributed by atoms with Crippen LogP contribution in [0.2, 0.25) is 0 Å². The third-order valence-corrected chi connectivity index (χ3v) is 3.36. The van der Waals surface area contributed by atoms with E-state index in [1.54, 1.807) is 0 Å². The third-order valence-electron chi connectivity index (χ3n) is 1.78. The van der Waals surface area contributed by atoms with Crippen LogP contribution in [0, 0.1) is 0 Å². The highest BCUT2D eigenvalue weighted by molar-refractivity contribution is 7.89. The van der Waals surface area contributed by atoms with Crippen LogP contribution in [0.15, 0.2) is 17.3 Å². The minimum Gasteiger partial charge on any atom is -0.270 e. The summed E-state index contributed by atoms with van der Waals surface area (Å²) in [6, 6.07) is 0. The second-order valence-electron chi connectivity index (χ2n) is 3.03. The number of aryl methyl sites for hydroxylation is 1. The summed E-state index contributed by atoms with van der Waals surface area (Å²) in [6.45, 7) is 2.84. The monoisotopic (exact) mass is 251 g/mol. The molecule has 1 aromatic rings. The van der Waals surface area contributed by atoms with Gasteiger partial charge in [0.1, 0.15) is 4.90 Å². The number of hydrogen-bond donors (Lipinski definition) is 1. The van der Waals surface area contributed by atoms with Crippen molar-refractivity contribution in [2.45, 2.75) is 24.8 Å². The number of hydrogen-bond acceptors (Lipinski definition) is 3. The van der Waals surface area contributed by atoms with Gasteiger partial charge in [0.25, 0.3) is 0 Å². The van der Waals surface area contributed by atoms with E-state index >= 15 is 0 Å². The molecule has 0 aliphatic heterocycles. The van der Waals surface area contributed by atoms with Gasteiger partial charge in [0, 0.05) is 18.6 Å². The molecule has 0 aliphatic carbocycles. The molecule has 0 radical (unpaired) electrons. The molecule has 0 fully saturated rings. The van der Waals surface area contributed by atoms with Gasteiger partial charge in [-0.3, -0.25) is 4.68 Å². The first-order valence-corrected chi connectivity index (χ1v) is 6.70. The lowest BCUT2D eigenvalue weighted by Crippen LogP contribution is -2.24. The lowest BCUT2D eigenvalue weighted by Gasteiger charge is -2.01. The van der Waals surface area contributed by atoms with Crippen molar-refractivity contribution in [1.82, 2.24) is 14.5 Å². The summed E-state index contributed by atoms with van der Waals surface area (Å²) in [5.74, 6) is 0.406. The first kappa shape index (κ1) is 12.5. The predicted octanol–water partition coefficient (Wildman–Crippen LogP) is 0.810. The van der Waals surface area contributed by atoms with E-state index in [-0.39, 0.29) is 4.90 Å². The summed E-state index contributed by atoms with van der Waals surface area (Å²) in [4.78, 5) is 0.182. The molecule has 15 heavy (non-hydrogen) atoms. The Balaban J connectivity index is 2.76. The Kier molecular flexibility index (Phi) is 4.56. The minimum atomic E-state index is -3.40. The van der Waals surface area contributed by atoms with Crippen LogP contribution in [0.5, 0.6) is 0 Å². The van der Waals surface area contributed by atoms with Crippen molar-refractivity contribution in [3.8, 4) is 0 Å². The van der Waals surface area contributed by atoms with Crippen molar-refractivity contribution in [2.75, 3.05) is 12.4 Å². The number of rotatable bonds is 6. The average molecular weight is 252 g/mol. The Morgan fingerprint density at radius 2 is 2.33 bits per heavy atom. The molecule has 0 spiro atoms. The average Bonchev–Trinajstić information content (AvgIpc) is 2.65. The smallest absolute Gasteiger partial charge is 0.243 e. The highest BCUT2D eigenvalue weighted by Crippen LogP contribution is 2.06. The van der Waals surface area contributed by atoms with E-state index in [0.29, 0.717) is 19.0 Å². The van der Waals surface area contributed by atoms with Crippen LogP contribution in [0.25, 0.3) is 0 Å². The molecule has 0 saturated heterocycles. The van der Waals surface area contributed by atoms with E-state index in [0.717, 1.165) is 6.42 Å². The molecule has 1 aromatic heterocycles. The fourth-order valence-corrected chi connectivity index (χ4v) is 2.27. The van der Waals surface area contributed by atoms with Gasteiger partial charge in [-0.05, 0) is 6.42 Å². The Bertz CT molecular complexity index is 402. The van der Waals surface area contributed by atoms with E-state index in [1.807, 2.05) is 6.92 Å². The van der Waals surface area contributed by atoms with Gasteiger partial charge < -0.3 is 0 Å². The normalized spacial score (nSPS) is 11.9. The molecule has 1 heterocycles. The van der Waals surface area contributed by atoms with Crippen molar-refractivity contribution in [3.05, 3.63) is 12.4 Å². The van der Waals surface area contributed by atoms with Gasteiger partial charge in [-0.25, -0.2) is 13.1 Å². The minimum absolute atomic E-state index is 0.182. The number of halogens is 1. The van der Waals surface area contributed by atoms with Gasteiger partial charge in [0.05, 0.1) is 12.7 Å². The lowest BCUT2D eigenvalue weighted by molar-refractivity contribution is 0.580. The van der Waals surface area contributed by atoms with Gasteiger partial charge in [-0.1, -0.05) is 6.92 Å². The topological polar surface area (TPSA) is 64.0 Å². The predicted molar refractivity (Wildman–Crippen MR) is 58.4 cm³/mol. The van der Waals surface area contributed by atoms with Crippen molar-refractivity contribution < 1.29 is 8.42 Å². The molecular weight excluding hydrogens is 238 g/mol. The Morgan fingerprint density at radius 3 is 2.93 bits per heavy atom. The van der Waals surface area contributed by atoms with Crippen molar-refractivity contribution in [3.63, 3.8) is 0 Å². The molecule has 0 atom stereocenters. The van der Waals surface area contributed by atoms with Gasteiger partial charge in [0.2, 0.25) is 10.0 Å². The first-order chi connectivity index (χ1) is 7.10. The zero-order chi connectivity index (χ0) is 11.3. The number of sulfonamides is 1. The van der Waals surface area contributed by atoms with Gasteiger partial charge in [0.15, 0.2) is 0 Å². The Hall–Kier alpha value is -0.590. The molecule has 0 aromatic carbocycles. The summed E-state index contributed by atoms with van der Waals surface area (Å²) in [5, 5.41) is 3.89. The van der Waals surface area contributed by atoms with E-state index in [2.05, 4.69) is 9.82 Å². The molecule has 5 nitrogen and oxygen atoms in total. The van der Waals surface area contributed by atoms with Gasteiger partial charge in [-0.2, -0.15) is 5.10 Å². The van der Waals surface area contributed by atoms with E-state index in [1.165, 1.54) is 17.1 Å². The number of nitrogens with one attached hydrogen (secondary N) is 1. The van der Waals surface area contributed by atoms with Gasteiger partial charge in [-0.15, -0.1) is 11.6 Å². The van der Waals surface area contributed by atoms with Crippen molar-refractivity contribution >= 4 is 21.6 Å². The zero-order valence-electron chi connectivity index (χ0n) is 8.48. The zero-order valence-corrected chi connectivity index (χ0v) is 10.1. The van der Waals surface area contributed by atoms with Crippen LogP contribution < -0.4 is 4.72 Å². The molecule has 0 unspecified atom stereocenters. The molecule has 1 N–H and O–H groups in total. The largest absolute Gasteiger partial charge is 0.270 e. The van der Waals surface area contributed by atoms with E-state index in [4.69, 9.17) is 11.6 Å². The van der Waals surface area contributed by atoms with E-state index < -0.39 is 10.0 Å². The van der Waals surface area contributed by atoms with Crippen LogP contribution in [-0.4, -0.2) is 30.6 Å². The highest BCUT2D eigenvalue weighted by atomic mass is 35.5. The SMILES string of the molecule is CCCNS(=O)(=O)c1cnn(CCCl)c1. The van der Waals surface area contributed by atoms with Gasteiger partial charge >= 0.3 is 0 Å². The third kappa shape index (κ3) is 3.48. The van der Waals surface area contributed by atoms with Crippen molar-refractivity contribution in [2.24, 2.45) is 0 Å². The quantitative estimate of drug-likeness (QED) is 0.761. The summed E-state index contributed by atoms with van der Waals surface area (Å²) in [5.41, 5.74) is 0. The van der Waals surface area contributed by atoms with Crippen LogP contribution in [0.4, 0.5) is 0 Å². The maximum atomic E-state index is 11.6. The fraction of sp³-hybridized carbons (Fsp3) is 0.625. The summed E-state index contributed by atoms with van der Waals surface area (Å²) in [7, 11) is -3.40. The maximum absolute atomic E-state index is 11.6. The fourth-order valence-electron chi connectivity index (χ4n) is 1.01. The molecule has 0 amide bonds. The van der Waals surface area contributed by atoms with Crippen LogP contribution in [-0.2, 0) is 16.6 Å². The Morgan fingerprint density at radius 1 is 1.60 bits per heavy atom. The molecule has 0 aliphatic rings. The Labute approximate surface area is 94.5 Å². The standard InChI is InChI=1S/C8H14ClN3O2S/c1-2-4-11-15(13,14)8-6-10-12(7-8)5-3-9/h6-7,11H,2-5H2,1H3. The maximum Gasteiger partial charge on any atom is 0.243 e. The molecule has 0 saturated carbocycles. The van der Waals surface area contributed by atoms with Crippen molar-refractivity contribution in [1.29, 1.82) is 0 Å². The number of alkyl halides is 1. The van der Waals surface area contributed by atoms with Crippen LogP contribution in [0.1, 0.15) is 13.3 Å². The second-order valence-corrected chi connectivity index (χ2v) is 5.17. The lowest BCUT2D eigenvalue weighted by atomic mass is 10.5. The van der Waals surface area contributed by atoms with E-state index in [9.17, 15) is 8.42 Å². The molecule has 1 rings (SSSR count). The summed E-state index contributed by atoms with van der Waals surface area (Å²) in [6.07, 6.45) is 3.56. The second kappa shape index (κ2) is 5.48. The number of nitrogens with zero attached hydrogens (tertiary/aromatic N) is 2. The molecule has 0 bridgehead atoms. The molecular formula is C8H14ClN3O2S. The van der Waals surface area contributed by atoms with Crippen LogP contribution >= 0.6 is 11.6 Å². The summed E-state index contributed by atoms with van der Waals surface area (Å²) < 4.78 is 27.2. The summed E-state index contributed by atoms with van der Waals surface area (Å²) >= 11 is 5.52. The molecule has 7 heteroatoms.